The van der Waals surface area contributed by atoms with Gasteiger partial charge in [0.1, 0.15) is 5.56 Å². The number of methoxy groups -OCH3 is 1. The number of anilines is 1. The molecule has 1 saturated heterocycles. The zero-order valence-corrected chi connectivity index (χ0v) is 11.4. The van der Waals surface area contributed by atoms with Gasteiger partial charge in [-0.2, -0.15) is 0 Å². The lowest BCUT2D eigenvalue weighted by Crippen LogP contribution is -2.30. The molecule has 102 valence electrons. The summed E-state index contributed by atoms with van der Waals surface area (Å²) in [6, 6.07) is -0.245. The maximum atomic E-state index is 11.9. The van der Waals surface area contributed by atoms with Gasteiger partial charge in [0.25, 0.3) is 0 Å². The van der Waals surface area contributed by atoms with E-state index in [2.05, 4.69) is 14.7 Å². The quantitative estimate of drug-likeness (QED) is 0.475. The van der Waals surface area contributed by atoms with Gasteiger partial charge in [-0.3, -0.25) is 9.69 Å². The monoisotopic (exact) mass is 282 g/mol. The number of hydrogen-bond donors (Lipinski definition) is 1. The zero-order valence-electron chi connectivity index (χ0n) is 10.6. The first-order valence-electron chi connectivity index (χ1n) is 5.62. The van der Waals surface area contributed by atoms with Crippen molar-refractivity contribution >= 4 is 29.5 Å². The molecule has 1 aliphatic rings. The first kappa shape index (κ1) is 13.8. The third-order valence-corrected chi connectivity index (χ3v) is 3.31. The molecule has 0 aliphatic carbocycles. The Balaban J connectivity index is 2.46. The average Bonchev–Trinajstić information content (AvgIpc) is 2.76. The Morgan fingerprint density at radius 3 is 2.89 bits per heavy atom. The van der Waals surface area contributed by atoms with Crippen molar-refractivity contribution < 1.29 is 14.3 Å². The molecular weight excluding hydrogens is 268 g/mol. The summed E-state index contributed by atoms with van der Waals surface area (Å²) in [5, 5.41) is 0.482. The minimum atomic E-state index is -0.573. The highest BCUT2D eigenvalue weighted by atomic mass is 32.2. The Hall–Kier alpha value is -1.67. The smallest absolute Gasteiger partial charge is 0.343 e. The molecule has 1 amide bonds. The summed E-state index contributed by atoms with van der Waals surface area (Å²) >= 11 is 1.33. The van der Waals surface area contributed by atoms with Crippen LogP contribution in [0.5, 0.6) is 0 Å². The molecule has 0 radical (unpaired) electrons. The molecule has 2 N–H and O–H groups in total. The van der Waals surface area contributed by atoms with Crippen LogP contribution in [0, 0.1) is 0 Å². The normalized spacial score (nSPS) is 18.8. The highest BCUT2D eigenvalue weighted by molar-refractivity contribution is 7.98. The van der Waals surface area contributed by atoms with Crippen molar-refractivity contribution in [1.29, 1.82) is 0 Å². The van der Waals surface area contributed by atoms with Crippen LogP contribution in [-0.4, -0.2) is 47.8 Å². The van der Waals surface area contributed by atoms with Crippen LogP contribution in [0.3, 0.4) is 0 Å². The third kappa shape index (κ3) is 2.69. The number of carbonyl (C=O) groups is 2. The Bertz CT molecular complexity index is 523. The van der Waals surface area contributed by atoms with Crippen molar-refractivity contribution in [2.75, 3.05) is 24.8 Å². The summed E-state index contributed by atoms with van der Waals surface area (Å²) in [6.07, 6.45) is 3.44. The van der Waals surface area contributed by atoms with E-state index in [0.717, 1.165) is 0 Å². The molecule has 1 fully saturated rings. The number of ether oxygens (including phenoxy) is 1. The molecular formula is C11H14N4O3S. The summed E-state index contributed by atoms with van der Waals surface area (Å²) in [4.78, 5) is 33.2. The number of thioether (sulfide) groups is 1. The number of aromatic nitrogens is 2. The molecule has 1 atom stereocenters. The van der Waals surface area contributed by atoms with Gasteiger partial charge in [0.15, 0.2) is 11.0 Å². The predicted octanol–water partition coefficient (Wildman–Crippen LogP) is 0.0491. The van der Waals surface area contributed by atoms with Gasteiger partial charge in [0, 0.05) is 25.2 Å². The largest absolute Gasteiger partial charge is 0.465 e. The molecule has 2 heterocycles. The van der Waals surface area contributed by atoms with E-state index in [0.29, 0.717) is 11.7 Å². The van der Waals surface area contributed by atoms with Crippen molar-refractivity contribution in [3.8, 4) is 0 Å². The number of hydrogen-bond acceptors (Lipinski definition) is 7. The molecule has 0 spiro atoms. The summed E-state index contributed by atoms with van der Waals surface area (Å²) in [5.41, 5.74) is 5.92. The second-order valence-electron chi connectivity index (χ2n) is 4.05. The lowest BCUT2D eigenvalue weighted by atomic mass is 10.3. The molecule has 1 aliphatic heterocycles. The van der Waals surface area contributed by atoms with Crippen LogP contribution in [-0.2, 0) is 9.53 Å². The van der Waals surface area contributed by atoms with Gasteiger partial charge in [-0.1, -0.05) is 11.8 Å². The van der Waals surface area contributed by atoms with Crippen LogP contribution >= 0.6 is 11.8 Å². The summed E-state index contributed by atoms with van der Waals surface area (Å²) < 4.78 is 4.68. The lowest BCUT2D eigenvalue weighted by molar-refractivity contribution is -0.117. The molecule has 1 unspecified atom stereocenters. The molecule has 8 heteroatoms. The van der Waals surface area contributed by atoms with E-state index >= 15 is 0 Å². The number of nitrogens with two attached hydrogens (primary N) is 1. The lowest BCUT2D eigenvalue weighted by Gasteiger charge is -2.17. The SMILES string of the molecule is COC(=O)c1cnc(SC)nc1N1CC(N)CC1=O. The molecule has 0 aromatic carbocycles. The van der Waals surface area contributed by atoms with Crippen LogP contribution in [0.1, 0.15) is 16.8 Å². The first-order valence-corrected chi connectivity index (χ1v) is 6.84. The summed E-state index contributed by atoms with van der Waals surface area (Å²) in [6.45, 7) is 0.341. The molecule has 2 rings (SSSR count). The van der Waals surface area contributed by atoms with Gasteiger partial charge in [-0.15, -0.1) is 0 Å². The number of carbonyl (C=O) groups excluding carboxylic acids is 2. The highest BCUT2D eigenvalue weighted by Crippen LogP contribution is 2.25. The maximum Gasteiger partial charge on any atom is 0.343 e. The predicted molar refractivity (Wildman–Crippen MR) is 70.1 cm³/mol. The van der Waals surface area contributed by atoms with Crippen LogP contribution in [0.4, 0.5) is 5.82 Å². The van der Waals surface area contributed by atoms with E-state index in [1.165, 1.54) is 30.0 Å². The van der Waals surface area contributed by atoms with Crippen molar-refractivity contribution in [1.82, 2.24) is 9.97 Å². The van der Waals surface area contributed by atoms with Crippen molar-refractivity contribution in [3.63, 3.8) is 0 Å². The molecule has 19 heavy (non-hydrogen) atoms. The van der Waals surface area contributed by atoms with Crippen LogP contribution in [0.15, 0.2) is 11.4 Å². The van der Waals surface area contributed by atoms with E-state index in [1.54, 1.807) is 0 Å². The van der Waals surface area contributed by atoms with Gasteiger partial charge in [0.05, 0.1) is 7.11 Å². The van der Waals surface area contributed by atoms with Crippen LogP contribution in [0.25, 0.3) is 0 Å². The highest BCUT2D eigenvalue weighted by Gasteiger charge is 2.32. The number of rotatable bonds is 3. The van der Waals surface area contributed by atoms with E-state index in [1.807, 2.05) is 6.26 Å². The second-order valence-corrected chi connectivity index (χ2v) is 4.83. The van der Waals surface area contributed by atoms with E-state index in [-0.39, 0.29) is 29.8 Å². The van der Waals surface area contributed by atoms with Gasteiger partial charge < -0.3 is 10.5 Å². The van der Waals surface area contributed by atoms with E-state index in [4.69, 9.17) is 5.73 Å². The topological polar surface area (TPSA) is 98.4 Å². The minimum Gasteiger partial charge on any atom is -0.465 e. The van der Waals surface area contributed by atoms with Crippen molar-refractivity contribution in [2.45, 2.75) is 17.6 Å². The average molecular weight is 282 g/mol. The molecule has 0 bridgehead atoms. The fourth-order valence-corrected chi connectivity index (χ4v) is 2.19. The number of esters is 1. The first-order chi connectivity index (χ1) is 9.06. The van der Waals surface area contributed by atoms with Crippen LogP contribution in [0.2, 0.25) is 0 Å². The van der Waals surface area contributed by atoms with Gasteiger partial charge >= 0.3 is 5.97 Å². The third-order valence-electron chi connectivity index (χ3n) is 2.75. The fraction of sp³-hybridized carbons (Fsp3) is 0.455. The minimum absolute atomic E-state index is 0.150. The standard InChI is InChI=1S/C11H14N4O3S/c1-18-10(17)7-4-13-11(19-2)14-9(7)15-5-6(12)3-8(15)16/h4,6H,3,5,12H2,1-2H3. The van der Waals surface area contributed by atoms with Gasteiger partial charge in [0.2, 0.25) is 5.91 Å². The zero-order chi connectivity index (χ0) is 14.0. The van der Waals surface area contributed by atoms with Crippen molar-refractivity contribution in [3.05, 3.63) is 11.8 Å². The fourth-order valence-electron chi connectivity index (χ4n) is 1.86. The maximum absolute atomic E-state index is 11.9. The van der Waals surface area contributed by atoms with Crippen LogP contribution < -0.4 is 10.6 Å². The molecule has 7 nitrogen and oxygen atoms in total. The Morgan fingerprint density at radius 1 is 1.63 bits per heavy atom. The summed E-state index contributed by atoms with van der Waals surface area (Å²) in [7, 11) is 1.27. The molecule has 1 aromatic rings. The van der Waals surface area contributed by atoms with E-state index < -0.39 is 5.97 Å². The van der Waals surface area contributed by atoms with E-state index in [9.17, 15) is 9.59 Å². The Morgan fingerprint density at radius 2 is 2.37 bits per heavy atom. The van der Waals surface area contributed by atoms with Gasteiger partial charge in [-0.25, -0.2) is 14.8 Å². The summed E-state index contributed by atoms with van der Waals surface area (Å²) in [5.74, 6) is -0.455. The Labute approximate surface area is 114 Å². The number of nitrogens with zero attached hydrogens (tertiary/aromatic N) is 3. The Kier molecular flexibility index (Phi) is 4.01. The van der Waals surface area contributed by atoms with Crippen molar-refractivity contribution in [2.24, 2.45) is 5.73 Å². The van der Waals surface area contributed by atoms with Gasteiger partial charge in [-0.05, 0) is 6.26 Å². The molecule has 0 saturated carbocycles. The molecule has 1 aromatic heterocycles. The number of amides is 1. The second kappa shape index (κ2) is 5.54.